The Morgan fingerprint density at radius 2 is 1.81 bits per heavy atom. The molecule has 4 aromatic rings. The van der Waals surface area contributed by atoms with Gasteiger partial charge < -0.3 is 0 Å². The van der Waals surface area contributed by atoms with Crippen molar-refractivity contribution in [1.29, 1.82) is 0 Å². The normalized spacial score (nSPS) is 10.7. The molecule has 0 fully saturated rings. The molecule has 134 valence electrons. The van der Waals surface area contributed by atoms with E-state index in [9.17, 15) is 9.18 Å². The summed E-state index contributed by atoms with van der Waals surface area (Å²) >= 11 is 1.45. The predicted octanol–water partition coefficient (Wildman–Crippen LogP) is 5.02. The number of aromatic amines is 1. The van der Waals surface area contributed by atoms with Crippen LogP contribution in [0.2, 0.25) is 0 Å². The van der Waals surface area contributed by atoms with E-state index in [1.54, 1.807) is 29.4 Å². The van der Waals surface area contributed by atoms with Gasteiger partial charge >= 0.3 is 0 Å². The van der Waals surface area contributed by atoms with Crippen LogP contribution in [0.3, 0.4) is 0 Å². The number of carbonyl (C=O) groups is 1. The van der Waals surface area contributed by atoms with Crippen molar-refractivity contribution in [3.8, 4) is 22.4 Å². The molecule has 0 radical (unpaired) electrons. The molecule has 1 aromatic carbocycles. The molecule has 0 spiro atoms. The van der Waals surface area contributed by atoms with E-state index >= 15 is 0 Å². The smallest absolute Gasteiger partial charge is 0.230 e. The van der Waals surface area contributed by atoms with Crippen molar-refractivity contribution in [2.45, 2.75) is 6.92 Å². The van der Waals surface area contributed by atoms with E-state index in [4.69, 9.17) is 0 Å². The molecule has 0 unspecified atom stereocenters. The van der Waals surface area contributed by atoms with Crippen molar-refractivity contribution in [3.63, 3.8) is 0 Å². The number of nitrogens with zero attached hydrogens (tertiary/aromatic N) is 3. The fraction of sp³-hybridized carbons (Fsp3) is 0.0500. The highest BCUT2D eigenvalue weighted by Crippen LogP contribution is 2.41. The lowest BCUT2D eigenvalue weighted by molar-refractivity contribution is -0.115. The van der Waals surface area contributed by atoms with E-state index in [0.717, 1.165) is 21.7 Å². The monoisotopic (exact) mass is 378 g/mol. The minimum atomic E-state index is -0.312. The van der Waals surface area contributed by atoms with Gasteiger partial charge in [0.25, 0.3) is 0 Å². The first-order valence-corrected chi connectivity index (χ1v) is 9.12. The standard InChI is InChI=1S/C20H15FN4OS/c1-13(26)25(17-3-2-12-27-17)20-18(14-8-10-22-11-9-14)19(23-24-20)15-4-6-16(21)7-5-15/h2-12H,1H3,(H,23,24). The first kappa shape index (κ1) is 17.1. The Hall–Kier alpha value is -3.32. The fourth-order valence-corrected chi connectivity index (χ4v) is 3.69. The minimum absolute atomic E-state index is 0.148. The Morgan fingerprint density at radius 1 is 1.07 bits per heavy atom. The van der Waals surface area contributed by atoms with Gasteiger partial charge in [0, 0.05) is 24.9 Å². The number of nitrogens with one attached hydrogen (secondary N) is 1. The number of anilines is 2. The Bertz CT molecular complexity index is 1060. The summed E-state index contributed by atoms with van der Waals surface area (Å²) in [6, 6.07) is 13.6. The van der Waals surface area contributed by atoms with Gasteiger partial charge in [-0.15, -0.1) is 11.3 Å². The molecule has 3 aromatic heterocycles. The molecule has 4 rings (SSSR count). The molecule has 3 heterocycles. The first-order chi connectivity index (χ1) is 13.1. The zero-order chi connectivity index (χ0) is 18.8. The maximum Gasteiger partial charge on any atom is 0.230 e. The van der Waals surface area contributed by atoms with Crippen molar-refractivity contribution in [3.05, 3.63) is 72.1 Å². The van der Waals surface area contributed by atoms with Crippen molar-refractivity contribution < 1.29 is 9.18 Å². The molecule has 0 bridgehead atoms. The fourth-order valence-electron chi connectivity index (χ4n) is 2.92. The highest BCUT2D eigenvalue weighted by atomic mass is 32.1. The molecular weight excluding hydrogens is 363 g/mol. The van der Waals surface area contributed by atoms with E-state index in [1.165, 1.54) is 30.4 Å². The SMILES string of the molecule is CC(=O)N(c1cccs1)c1n[nH]c(-c2ccc(F)cc2)c1-c1ccncc1. The zero-order valence-corrected chi connectivity index (χ0v) is 15.2. The molecule has 0 aliphatic heterocycles. The number of rotatable bonds is 4. The van der Waals surface area contributed by atoms with E-state index < -0.39 is 0 Å². The van der Waals surface area contributed by atoms with Crippen LogP contribution in [0, 0.1) is 5.82 Å². The van der Waals surface area contributed by atoms with Gasteiger partial charge in [0.1, 0.15) is 10.8 Å². The van der Waals surface area contributed by atoms with Crippen LogP contribution in [-0.4, -0.2) is 21.1 Å². The molecule has 0 saturated carbocycles. The average molecular weight is 378 g/mol. The second-order valence-electron chi connectivity index (χ2n) is 5.85. The Morgan fingerprint density at radius 3 is 2.44 bits per heavy atom. The molecule has 0 saturated heterocycles. The number of aromatic nitrogens is 3. The maximum absolute atomic E-state index is 13.4. The number of benzene rings is 1. The summed E-state index contributed by atoms with van der Waals surface area (Å²) in [4.78, 5) is 18.1. The van der Waals surface area contributed by atoms with Gasteiger partial charge in [0.05, 0.1) is 11.3 Å². The second kappa shape index (κ2) is 7.13. The third kappa shape index (κ3) is 3.24. The minimum Gasteiger partial charge on any atom is -0.275 e. The van der Waals surface area contributed by atoms with Crippen LogP contribution in [0.25, 0.3) is 22.4 Å². The van der Waals surface area contributed by atoms with E-state index in [2.05, 4.69) is 15.2 Å². The van der Waals surface area contributed by atoms with Gasteiger partial charge in [-0.05, 0) is 59.5 Å². The Labute approximate surface area is 159 Å². The number of thiophene rings is 1. The van der Waals surface area contributed by atoms with Crippen LogP contribution in [0.4, 0.5) is 15.2 Å². The van der Waals surface area contributed by atoms with Gasteiger partial charge in [-0.2, -0.15) is 5.10 Å². The van der Waals surface area contributed by atoms with E-state index in [1.807, 2.05) is 29.6 Å². The molecule has 7 heteroatoms. The molecule has 0 atom stereocenters. The molecule has 0 aliphatic rings. The lowest BCUT2D eigenvalue weighted by Crippen LogP contribution is -2.22. The Kier molecular flexibility index (Phi) is 4.52. The number of halogens is 1. The maximum atomic E-state index is 13.4. The number of hydrogen-bond donors (Lipinski definition) is 1. The van der Waals surface area contributed by atoms with Gasteiger partial charge in [-0.3, -0.25) is 19.8 Å². The number of carbonyl (C=O) groups excluding carboxylic acids is 1. The van der Waals surface area contributed by atoms with Gasteiger partial charge in [0.15, 0.2) is 5.82 Å². The van der Waals surface area contributed by atoms with Crippen LogP contribution in [0.1, 0.15) is 6.92 Å². The summed E-state index contributed by atoms with van der Waals surface area (Å²) in [5, 5.41) is 10.1. The van der Waals surface area contributed by atoms with Crippen LogP contribution in [0.5, 0.6) is 0 Å². The van der Waals surface area contributed by atoms with Crippen LogP contribution < -0.4 is 4.90 Å². The van der Waals surface area contributed by atoms with Gasteiger partial charge in [-0.1, -0.05) is 0 Å². The summed E-state index contributed by atoms with van der Waals surface area (Å²) < 4.78 is 13.4. The predicted molar refractivity (Wildman–Crippen MR) is 104 cm³/mol. The van der Waals surface area contributed by atoms with Crippen molar-refractivity contribution >= 4 is 28.1 Å². The molecule has 1 N–H and O–H groups in total. The van der Waals surface area contributed by atoms with Crippen LogP contribution >= 0.6 is 11.3 Å². The van der Waals surface area contributed by atoms with Crippen molar-refractivity contribution in [2.75, 3.05) is 4.90 Å². The largest absolute Gasteiger partial charge is 0.275 e. The van der Waals surface area contributed by atoms with Crippen LogP contribution in [-0.2, 0) is 4.79 Å². The second-order valence-corrected chi connectivity index (χ2v) is 6.77. The quantitative estimate of drug-likeness (QED) is 0.542. The summed E-state index contributed by atoms with van der Waals surface area (Å²) in [6.45, 7) is 1.50. The third-order valence-electron chi connectivity index (χ3n) is 4.10. The summed E-state index contributed by atoms with van der Waals surface area (Å²) in [7, 11) is 0. The summed E-state index contributed by atoms with van der Waals surface area (Å²) in [5.41, 5.74) is 3.10. The van der Waals surface area contributed by atoms with E-state index in [-0.39, 0.29) is 11.7 Å². The number of pyridine rings is 1. The topological polar surface area (TPSA) is 61.9 Å². The third-order valence-corrected chi connectivity index (χ3v) is 4.96. The number of amides is 1. The molecule has 1 amide bonds. The highest BCUT2D eigenvalue weighted by Gasteiger charge is 2.25. The van der Waals surface area contributed by atoms with E-state index in [0.29, 0.717) is 11.5 Å². The number of hydrogen-bond acceptors (Lipinski definition) is 4. The Balaban J connectivity index is 1.95. The van der Waals surface area contributed by atoms with Crippen molar-refractivity contribution in [1.82, 2.24) is 15.2 Å². The first-order valence-electron chi connectivity index (χ1n) is 8.24. The van der Waals surface area contributed by atoms with Gasteiger partial charge in [0.2, 0.25) is 5.91 Å². The molecule has 5 nitrogen and oxygen atoms in total. The lowest BCUT2D eigenvalue weighted by atomic mass is 10.0. The molecular formula is C20H15FN4OS. The van der Waals surface area contributed by atoms with Crippen molar-refractivity contribution in [2.24, 2.45) is 0 Å². The average Bonchev–Trinajstić information content (AvgIpc) is 3.34. The molecule has 27 heavy (non-hydrogen) atoms. The molecule has 0 aliphatic carbocycles. The summed E-state index contributed by atoms with van der Waals surface area (Å²) in [5.74, 6) is 0.0354. The zero-order valence-electron chi connectivity index (χ0n) is 14.4. The van der Waals surface area contributed by atoms with Crippen LogP contribution in [0.15, 0.2) is 66.3 Å². The highest BCUT2D eigenvalue weighted by molar-refractivity contribution is 7.14. The van der Waals surface area contributed by atoms with Gasteiger partial charge in [-0.25, -0.2) is 4.39 Å². The number of H-pyrrole nitrogens is 1. The summed E-state index contributed by atoms with van der Waals surface area (Å²) in [6.07, 6.45) is 3.37. The lowest BCUT2D eigenvalue weighted by Gasteiger charge is -2.18.